The summed E-state index contributed by atoms with van der Waals surface area (Å²) in [7, 11) is 0. The van der Waals surface area contributed by atoms with E-state index in [1.165, 1.54) is 6.92 Å². The van der Waals surface area contributed by atoms with Gasteiger partial charge >= 0.3 is 5.97 Å². The number of hydrogen-bond acceptors (Lipinski definition) is 17. The van der Waals surface area contributed by atoms with E-state index in [4.69, 9.17) is 74.5 Å². The molecule has 2 rings (SSSR count). The molecule has 0 fully saturated rings. The quantitative estimate of drug-likeness (QED) is 0.0127. The molecule has 1 aromatic heterocycles. The number of nitrogens with one attached hydrogen (secondary N) is 9. The van der Waals surface area contributed by atoms with Crippen molar-refractivity contribution in [2.75, 3.05) is 39.3 Å². The van der Waals surface area contributed by atoms with Crippen molar-refractivity contribution >= 4 is 106 Å². The molecule has 0 aliphatic rings. The third kappa shape index (κ3) is 32.8. The molecule has 8 amide bonds. The van der Waals surface area contributed by atoms with E-state index in [-0.39, 0.29) is 152 Å². The smallest absolute Gasteiger partial charge is 0.303 e. The molecule has 36 N–H and O–H groups in total. The Hall–Kier alpha value is -10.8. The fourth-order valence-corrected chi connectivity index (χ4v) is 9.05. The number of aliphatic imine (C=N–C) groups is 6. The number of carbonyl (C=O) groups is 10. The van der Waals surface area contributed by atoms with Gasteiger partial charge in [0.1, 0.15) is 48.6 Å². The molecule has 0 saturated heterocycles. The molecule has 2 aromatic rings. The number of aliphatic carboxylic acids is 1. The van der Waals surface area contributed by atoms with Gasteiger partial charge in [-0.1, -0.05) is 18.2 Å². The van der Waals surface area contributed by atoms with Gasteiger partial charge in [0.2, 0.25) is 47.3 Å². The van der Waals surface area contributed by atoms with Crippen LogP contribution in [-0.4, -0.2) is 199 Å². The van der Waals surface area contributed by atoms with E-state index >= 15 is 4.79 Å². The zero-order valence-electron chi connectivity index (χ0n) is 52.7. The molecule has 0 saturated carbocycles. The van der Waals surface area contributed by atoms with E-state index in [1.54, 1.807) is 30.5 Å². The maximum atomic E-state index is 15.0. The summed E-state index contributed by atoms with van der Waals surface area (Å²) in [5.41, 5.74) is 73.6. The highest BCUT2D eigenvalue weighted by molar-refractivity contribution is 5.99. The summed E-state index contributed by atoms with van der Waals surface area (Å²) in [6, 6.07) is -5.61. The second-order valence-electron chi connectivity index (χ2n) is 21.7. The number of aldehydes is 1. The molecule has 0 bridgehead atoms. The monoisotopic (exact) mass is 1320 g/mol. The number of carboxylic acid groups (broad SMARTS) is 1. The summed E-state index contributed by atoms with van der Waals surface area (Å²) in [4.78, 5) is 165. The van der Waals surface area contributed by atoms with Crippen LogP contribution in [0.25, 0.3) is 10.9 Å². The molecule has 0 spiro atoms. The van der Waals surface area contributed by atoms with Gasteiger partial charge in [-0.15, -0.1) is 0 Å². The molecule has 0 aliphatic heterocycles. The minimum atomic E-state index is -1.67. The Bertz CT molecular complexity index is 3000. The number of aromatic amines is 1. The molecule has 39 nitrogen and oxygen atoms in total. The Morgan fingerprint density at radius 2 is 0.713 bits per heavy atom. The van der Waals surface area contributed by atoms with Crippen LogP contribution in [0.4, 0.5) is 0 Å². The van der Waals surface area contributed by atoms with Crippen molar-refractivity contribution in [1.82, 2.24) is 47.5 Å². The number of carbonyl (C=O) groups excluding carboxylic acids is 9. The van der Waals surface area contributed by atoms with Crippen molar-refractivity contribution < 1.29 is 53.1 Å². The molecule has 0 unspecified atom stereocenters. The third-order valence-corrected chi connectivity index (χ3v) is 13.8. The lowest BCUT2D eigenvalue weighted by atomic mass is 10.0. The zero-order chi connectivity index (χ0) is 70.3. The van der Waals surface area contributed by atoms with E-state index in [1.807, 2.05) is 0 Å². The first-order valence-corrected chi connectivity index (χ1v) is 30.2. The molecular weight excluding hydrogens is 1230 g/mol. The second-order valence-corrected chi connectivity index (χ2v) is 21.7. The molecule has 0 radical (unpaired) electrons. The summed E-state index contributed by atoms with van der Waals surface area (Å²) < 4.78 is 0. The molecule has 9 atom stereocenters. The Balaban J connectivity index is 2.75. The average Bonchev–Trinajstić information content (AvgIpc) is 1.65. The molecule has 0 aliphatic carbocycles. The van der Waals surface area contributed by atoms with Crippen molar-refractivity contribution in [3.8, 4) is 0 Å². The fraction of sp³-hybridized carbons (Fsp3) is 0.564. The number of H-pyrrole nitrogens is 1. The number of rotatable bonds is 46. The van der Waals surface area contributed by atoms with E-state index in [9.17, 15) is 48.3 Å². The van der Waals surface area contributed by atoms with Gasteiger partial charge in [-0.25, -0.2) is 0 Å². The predicted octanol–water partition coefficient (Wildman–Crippen LogP) is -8.68. The van der Waals surface area contributed by atoms with Crippen LogP contribution in [0.5, 0.6) is 0 Å². The van der Waals surface area contributed by atoms with Crippen LogP contribution in [-0.2, 0) is 54.4 Å². The van der Waals surface area contributed by atoms with Crippen LogP contribution < -0.4 is 117 Å². The maximum Gasteiger partial charge on any atom is 0.303 e. The number of hydrogen-bond donors (Lipinski definition) is 23. The minimum absolute atomic E-state index is 0.0165. The largest absolute Gasteiger partial charge is 0.481 e. The first kappa shape index (κ1) is 79.3. The molecule has 39 heteroatoms. The van der Waals surface area contributed by atoms with Crippen LogP contribution in [0.3, 0.4) is 0 Å². The topological polar surface area (TPSA) is 715 Å². The Morgan fingerprint density at radius 1 is 0.426 bits per heavy atom. The van der Waals surface area contributed by atoms with E-state index < -0.39 is 120 Å². The molecule has 1 heterocycles. The van der Waals surface area contributed by atoms with E-state index in [0.717, 1.165) is 0 Å². The normalized spacial score (nSPS) is 13.6. The number of amides is 8. The minimum Gasteiger partial charge on any atom is -0.481 e. The van der Waals surface area contributed by atoms with E-state index in [0.29, 0.717) is 29.2 Å². The fourth-order valence-electron chi connectivity index (χ4n) is 9.05. The third-order valence-electron chi connectivity index (χ3n) is 13.8. The summed E-state index contributed by atoms with van der Waals surface area (Å²) in [6.07, 6.45) is 0.732. The van der Waals surface area contributed by atoms with Gasteiger partial charge in [0, 0.05) is 69.2 Å². The lowest BCUT2D eigenvalue weighted by molar-refractivity contribution is -0.138. The van der Waals surface area contributed by atoms with Gasteiger partial charge in [0.25, 0.3) is 0 Å². The summed E-state index contributed by atoms with van der Waals surface area (Å²) in [5.74, 6) is -10.1. The van der Waals surface area contributed by atoms with Gasteiger partial charge < -0.3 is 132 Å². The first-order valence-electron chi connectivity index (χ1n) is 30.2. The molecular formula is C55H96N28O11. The predicted molar refractivity (Wildman–Crippen MR) is 353 cm³/mol. The second kappa shape index (κ2) is 43.1. The Morgan fingerprint density at radius 3 is 1.04 bits per heavy atom. The van der Waals surface area contributed by atoms with Crippen LogP contribution in [0.15, 0.2) is 60.4 Å². The number of nitrogens with zero attached hydrogens (tertiary/aromatic N) is 6. The van der Waals surface area contributed by atoms with E-state index in [2.05, 4.69) is 77.5 Å². The van der Waals surface area contributed by atoms with Gasteiger partial charge in [0.05, 0.1) is 12.1 Å². The zero-order valence-corrected chi connectivity index (χ0v) is 52.7. The number of benzene rings is 1. The summed E-state index contributed by atoms with van der Waals surface area (Å²) >= 11 is 0. The molecule has 1 aromatic carbocycles. The number of para-hydroxylation sites is 1. The van der Waals surface area contributed by atoms with Gasteiger partial charge in [-0.05, 0) is 102 Å². The Labute approximate surface area is 542 Å². The number of carboxylic acids is 1. The van der Waals surface area contributed by atoms with Crippen molar-refractivity contribution in [3.05, 3.63) is 36.0 Å². The number of aromatic nitrogens is 1. The summed E-state index contributed by atoms with van der Waals surface area (Å²) in [6.45, 7) is 1.49. The van der Waals surface area contributed by atoms with Crippen LogP contribution in [0, 0.1) is 0 Å². The van der Waals surface area contributed by atoms with Crippen molar-refractivity contribution in [1.29, 1.82) is 0 Å². The Kier molecular flexibility index (Phi) is 36.4. The highest BCUT2D eigenvalue weighted by atomic mass is 16.4. The van der Waals surface area contributed by atoms with Crippen LogP contribution in [0.2, 0.25) is 0 Å². The lowest BCUT2D eigenvalue weighted by Gasteiger charge is -2.28. The summed E-state index contributed by atoms with van der Waals surface area (Å²) in [5, 5.41) is 31.2. The highest BCUT2D eigenvalue weighted by Gasteiger charge is 2.35. The van der Waals surface area contributed by atoms with Crippen molar-refractivity contribution in [2.45, 2.75) is 158 Å². The number of nitrogens with two attached hydrogens (primary N) is 13. The lowest BCUT2D eigenvalue weighted by Crippen LogP contribution is -2.60. The number of guanidine groups is 6. The molecule has 94 heavy (non-hydrogen) atoms. The maximum absolute atomic E-state index is 15.0. The first-order chi connectivity index (χ1) is 44.5. The van der Waals surface area contributed by atoms with Gasteiger partial charge in [0.15, 0.2) is 35.8 Å². The average molecular weight is 1330 g/mol. The van der Waals surface area contributed by atoms with Crippen molar-refractivity contribution in [3.63, 3.8) is 0 Å². The van der Waals surface area contributed by atoms with Crippen LogP contribution >= 0.6 is 0 Å². The standard InChI is InChI=1S/C55H96N28O11/c1-29(28-84)76-43(88)34(13-5-21-70-51(59)60)78-48(93)39(18-19-41(85)86)82-46(91)37(16-8-24-73-54(65)66)81-49(94)40(26-30-27-75-33-12-3-2-10-31(30)33)83-47(92)38(17-9-25-74-55(67)68)80-45(90)36(15-7-23-72-53(63)64)79-44(89)35(14-6-22-71-52(61)62)77-42(87)32(56)11-4-20-69-50(57)58/h2-3,10,12,27-29,32,34-40,75H,4-9,11,13-26,56H2,1H3,(H,76,88)(H,77,87)(H,78,93)(H,79,89)(H,80,90)(H,81,94)(H,82,91)(H,83,92)(H,85,86)(H4,57,58,69)(H4,59,60,70)(H4,61,62,71)(H4,63,64,72)(H4,65,66,73)(H4,67,68,74)/t29-,32-,34-,35-,36-,37-,38-,39-,40-/m0/s1. The van der Waals surface area contributed by atoms with Crippen LogP contribution in [0.1, 0.15) is 102 Å². The number of fused-ring (bicyclic) bond motifs is 1. The van der Waals surface area contributed by atoms with Gasteiger partial charge in [-0.2, -0.15) is 0 Å². The SMILES string of the molecule is C[C@@H](C=O)NC(=O)[C@H](CCCN=C(N)N)NC(=O)[C@H](CCC(=O)O)NC(=O)[C@H](CCCN=C(N)N)NC(=O)[C@H](Cc1c[nH]c2ccccc12)NC(=O)[C@H](CCCN=C(N)N)NC(=O)[C@H](CCCN=C(N)N)NC(=O)[C@H](CCCN=C(N)N)NC(=O)[C@@H](N)CCCN=C(N)N. The highest BCUT2D eigenvalue weighted by Crippen LogP contribution is 2.20. The molecule has 522 valence electrons. The van der Waals surface area contributed by atoms with Gasteiger partial charge in [-0.3, -0.25) is 73.1 Å². The van der Waals surface area contributed by atoms with Crippen molar-refractivity contribution in [2.24, 2.45) is 104 Å².